The first kappa shape index (κ1) is 35.5. The lowest BCUT2D eigenvalue weighted by Gasteiger charge is -2.26. The molecule has 1 aromatic heterocycles. The van der Waals surface area contributed by atoms with Crippen LogP contribution in [0.25, 0.3) is 11.1 Å². The molecule has 6 nitrogen and oxygen atoms in total. The number of aromatic nitrogens is 1. The van der Waals surface area contributed by atoms with Gasteiger partial charge in [-0.25, -0.2) is 4.39 Å². The SMILES string of the molecule is CCOC(=O)C[C@H](NC(=O)C(CCC(C)C)n1cc(CC)c(C(F)(F)F)cc1=O)c1cc(-c2c(C)cccc2C)cc(C)c1F. The van der Waals surface area contributed by atoms with E-state index in [1.807, 2.05) is 45.9 Å². The van der Waals surface area contributed by atoms with Gasteiger partial charge >= 0.3 is 12.1 Å². The molecule has 1 unspecified atom stereocenters. The van der Waals surface area contributed by atoms with E-state index in [2.05, 4.69) is 5.32 Å². The number of rotatable bonds is 12. The number of amides is 1. The van der Waals surface area contributed by atoms with Gasteiger partial charge in [0.25, 0.3) is 5.56 Å². The molecule has 0 aliphatic heterocycles. The van der Waals surface area contributed by atoms with Crippen LogP contribution in [0, 0.1) is 32.5 Å². The van der Waals surface area contributed by atoms with Crippen LogP contribution in [0.1, 0.15) is 92.4 Å². The van der Waals surface area contributed by atoms with Crippen LogP contribution in [0.5, 0.6) is 0 Å². The molecule has 3 rings (SSSR count). The maximum Gasteiger partial charge on any atom is 0.416 e. The van der Waals surface area contributed by atoms with Crippen molar-refractivity contribution in [3.8, 4) is 11.1 Å². The van der Waals surface area contributed by atoms with Gasteiger partial charge in [0.05, 0.1) is 24.6 Å². The van der Waals surface area contributed by atoms with Crippen LogP contribution < -0.4 is 10.9 Å². The lowest BCUT2D eigenvalue weighted by molar-refractivity contribution is -0.144. The molecule has 10 heteroatoms. The lowest BCUT2D eigenvalue weighted by Crippen LogP contribution is -2.40. The Bertz CT molecular complexity index is 1570. The molecule has 0 bridgehead atoms. The Morgan fingerprint density at radius 3 is 2.18 bits per heavy atom. The monoisotopic (exact) mass is 630 g/mol. The predicted octanol–water partition coefficient (Wildman–Crippen LogP) is 7.95. The number of carbonyl (C=O) groups is 2. The number of nitrogens with one attached hydrogen (secondary N) is 1. The highest BCUT2D eigenvalue weighted by atomic mass is 19.4. The molecule has 0 aliphatic rings. The Kier molecular flexibility index (Phi) is 11.8. The Hall–Kier alpha value is -3.95. The van der Waals surface area contributed by atoms with Gasteiger partial charge in [0.1, 0.15) is 11.9 Å². The fraction of sp³-hybridized carbons (Fsp3) is 0.457. The number of nitrogens with zero attached hydrogens (tertiary/aromatic N) is 1. The second kappa shape index (κ2) is 14.9. The number of carbonyl (C=O) groups excluding carboxylic acids is 2. The zero-order valence-electron chi connectivity index (χ0n) is 26.9. The molecule has 3 aromatic rings. The van der Waals surface area contributed by atoms with Crippen molar-refractivity contribution in [3.05, 3.63) is 92.1 Å². The highest BCUT2D eigenvalue weighted by Crippen LogP contribution is 2.35. The molecule has 2 aromatic carbocycles. The number of benzene rings is 2. The summed E-state index contributed by atoms with van der Waals surface area (Å²) in [5, 5.41) is 2.77. The molecular formula is C35H42F4N2O4. The molecule has 0 aliphatic carbocycles. The summed E-state index contributed by atoms with van der Waals surface area (Å²) in [4.78, 5) is 39.8. The van der Waals surface area contributed by atoms with Crippen LogP contribution in [0.4, 0.5) is 17.6 Å². The first-order valence-corrected chi connectivity index (χ1v) is 15.2. The van der Waals surface area contributed by atoms with Crippen LogP contribution in [0.15, 0.2) is 47.4 Å². The number of hydrogen-bond acceptors (Lipinski definition) is 4. The van der Waals surface area contributed by atoms with E-state index >= 15 is 4.39 Å². The number of ether oxygens (including phenoxy) is 1. The Morgan fingerprint density at radius 1 is 0.978 bits per heavy atom. The van der Waals surface area contributed by atoms with E-state index in [0.29, 0.717) is 23.6 Å². The second-order valence-corrected chi connectivity index (χ2v) is 11.8. The predicted molar refractivity (Wildman–Crippen MR) is 166 cm³/mol. The Balaban J connectivity index is 2.16. The van der Waals surface area contributed by atoms with Crippen molar-refractivity contribution in [1.82, 2.24) is 9.88 Å². The molecule has 1 heterocycles. The van der Waals surface area contributed by atoms with Gasteiger partial charge in [0, 0.05) is 17.8 Å². The fourth-order valence-corrected chi connectivity index (χ4v) is 5.63. The summed E-state index contributed by atoms with van der Waals surface area (Å²) in [5.41, 5.74) is 1.71. The molecule has 0 saturated heterocycles. The summed E-state index contributed by atoms with van der Waals surface area (Å²) in [6, 6.07) is 7.22. The van der Waals surface area contributed by atoms with Gasteiger partial charge in [-0.2, -0.15) is 13.2 Å². The maximum absolute atomic E-state index is 15.9. The van der Waals surface area contributed by atoms with Gasteiger partial charge in [0.15, 0.2) is 0 Å². The molecular weight excluding hydrogens is 588 g/mol. The number of esters is 1. The van der Waals surface area contributed by atoms with E-state index in [0.717, 1.165) is 27.5 Å². The fourth-order valence-electron chi connectivity index (χ4n) is 5.63. The number of halogens is 4. The average Bonchev–Trinajstić information content (AvgIpc) is 2.94. The van der Waals surface area contributed by atoms with Crippen molar-refractivity contribution < 1.29 is 31.9 Å². The number of alkyl halides is 3. The van der Waals surface area contributed by atoms with Crippen molar-refractivity contribution in [3.63, 3.8) is 0 Å². The van der Waals surface area contributed by atoms with Crippen LogP contribution in [0.2, 0.25) is 0 Å². The normalized spacial score (nSPS) is 13.1. The van der Waals surface area contributed by atoms with Gasteiger partial charge in [0.2, 0.25) is 5.91 Å². The molecule has 1 N–H and O–H groups in total. The summed E-state index contributed by atoms with van der Waals surface area (Å²) >= 11 is 0. The average molecular weight is 631 g/mol. The lowest BCUT2D eigenvalue weighted by atomic mass is 9.90. The van der Waals surface area contributed by atoms with E-state index in [4.69, 9.17) is 4.74 Å². The third kappa shape index (κ3) is 8.61. The highest BCUT2D eigenvalue weighted by molar-refractivity contribution is 5.82. The molecule has 1 amide bonds. The van der Waals surface area contributed by atoms with Gasteiger partial charge < -0.3 is 14.6 Å². The molecule has 0 spiro atoms. The quantitative estimate of drug-likeness (QED) is 0.163. The van der Waals surface area contributed by atoms with Crippen molar-refractivity contribution in [1.29, 1.82) is 0 Å². The Labute approximate surface area is 261 Å². The van der Waals surface area contributed by atoms with Gasteiger partial charge in [-0.3, -0.25) is 14.4 Å². The van der Waals surface area contributed by atoms with E-state index in [1.165, 1.54) is 6.92 Å². The standard InChI is InChI=1S/C35H42F4N2O4/c1-8-24-19-41(30(42)17-27(24)35(37,38)39)29(14-13-20(3)4)34(44)40-28(18-31(43)45-9-2)26-16-25(15-23(7)33(26)36)32-21(5)11-10-12-22(32)6/h10-12,15-17,19-20,28-29H,8-9,13-14,18H2,1-7H3,(H,40,44)/t28-,29?/m0/s1. The first-order valence-electron chi connectivity index (χ1n) is 15.2. The maximum atomic E-state index is 15.9. The van der Waals surface area contributed by atoms with E-state index < -0.39 is 53.5 Å². The van der Waals surface area contributed by atoms with Crippen LogP contribution in [0.3, 0.4) is 0 Å². The van der Waals surface area contributed by atoms with Crippen LogP contribution in [-0.2, 0) is 26.9 Å². The number of pyridine rings is 1. The van der Waals surface area contributed by atoms with Crippen molar-refractivity contribution in [2.24, 2.45) is 5.92 Å². The van der Waals surface area contributed by atoms with Gasteiger partial charge in [-0.15, -0.1) is 0 Å². The van der Waals surface area contributed by atoms with Gasteiger partial charge in [-0.1, -0.05) is 39.0 Å². The second-order valence-electron chi connectivity index (χ2n) is 11.8. The van der Waals surface area contributed by atoms with Crippen molar-refractivity contribution in [2.75, 3.05) is 6.61 Å². The molecule has 244 valence electrons. The molecule has 0 fully saturated rings. The third-order valence-electron chi connectivity index (χ3n) is 7.93. The smallest absolute Gasteiger partial charge is 0.416 e. The summed E-state index contributed by atoms with van der Waals surface area (Å²) in [6.45, 7) is 12.5. The summed E-state index contributed by atoms with van der Waals surface area (Å²) in [7, 11) is 0. The van der Waals surface area contributed by atoms with Crippen molar-refractivity contribution >= 4 is 11.9 Å². The van der Waals surface area contributed by atoms with Crippen LogP contribution >= 0.6 is 0 Å². The van der Waals surface area contributed by atoms with Crippen LogP contribution in [-0.4, -0.2) is 23.1 Å². The first-order chi connectivity index (χ1) is 21.1. The van der Waals surface area contributed by atoms with Crippen molar-refractivity contribution in [2.45, 2.75) is 92.4 Å². The van der Waals surface area contributed by atoms with E-state index in [9.17, 15) is 27.6 Å². The Morgan fingerprint density at radius 2 is 1.62 bits per heavy atom. The van der Waals surface area contributed by atoms with E-state index in [1.54, 1.807) is 26.0 Å². The summed E-state index contributed by atoms with van der Waals surface area (Å²) < 4.78 is 63.0. The largest absolute Gasteiger partial charge is 0.466 e. The molecule has 45 heavy (non-hydrogen) atoms. The minimum Gasteiger partial charge on any atom is -0.466 e. The zero-order chi connectivity index (χ0) is 33.6. The minimum atomic E-state index is -4.74. The number of aryl methyl sites for hydroxylation is 4. The molecule has 0 radical (unpaired) electrons. The van der Waals surface area contributed by atoms with E-state index in [-0.39, 0.29) is 36.5 Å². The molecule has 0 saturated carbocycles. The summed E-state index contributed by atoms with van der Waals surface area (Å²) in [6.07, 6.45) is -3.46. The van der Waals surface area contributed by atoms with Gasteiger partial charge in [-0.05, 0) is 98.4 Å². The highest BCUT2D eigenvalue weighted by Gasteiger charge is 2.35. The minimum absolute atomic E-state index is 0.0191. The summed E-state index contributed by atoms with van der Waals surface area (Å²) in [5.74, 6) is -1.89. The molecule has 2 atom stereocenters. The third-order valence-corrected chi connectivity index (χ3v) is 7.93. The topological polar surface area (TPSA) is 77.4 Å². The zero-order valence-corrected chi connectivity index (χ0v) is 26.9. The number of hydrogen-bond donors (Lipinski definition) is 1.